The molecule has 0 aromatic heterocycles. The molecule has 0 saturated heterocycles. The van der Waals surface area contributed by atoms with Crippen molar-refractivity contribution in [2.45, 2.75) is 57.3 Å². The third-order valence-corrected chi connectivity index (χ3v) is 3.80. The number of benzene rings is 1. The maximum atomic E-state index is 11.3. The molecule has 6 heteroatoms. The Balaban J connectivity index is 0.00000361. The average molecular weight is 292 g/mol. The van der Waals surface area contributed by atoms with Gasteiger partial charge in [-0.15, -0.1) is 0 Å². The second kappa shape index (κ2) is 5.73. The first kappa shape index (κ1) is 19.5. The summed E-state index contributed by atoms with van der Waals surface area (Å²) in [5.74, 6) is 0.0624. The van der Waals surface area contributed by atoms with Gasteiger partial charge < -0.3 is 9.66 Å². The van der Waals surface area contributed by atoms with Gasteiger partial charge in [-0.05, 0) is 23.0 Å². The van der Waals surface area contributed by atoms with E-state index in [1.54, 1.807) is 0 Å². The first-order valence-electron chi connectivity index (χ1n) is 6.08. The zero-order valence-electron chi connectivity index (χ0n) is 13.2. The number of phenols is 1. The van der Waals surface area contributed by atoms with Crippen molar-refractivity contribution in [2.24, 2.45) is 0 Å². The fraction of sp³-hybridized carbons (Fsp3) is 0.571. The minimum Gasteiger partial charge on any atom is -0.744 e. The van der Waals surface area contributed by atoms with Crippen molar-refractivity contribution in [3.63, 3.8) is 0 Å². The molecule has 108 valence electrons. The van der Waals surface area contributed by atoms with Crippen LogP contribution >= 0.6 is 0 Å². The molecule has 0 atom stereocenters. The van der Waals surface area contributed by atoms with Crippen molar-refractivity contribution in [3.8, 4) is 5.75 Å². The average Bonchev–Trinajstić information content (AvgIpc) is 2.11. The molecular weight excluding hydrogens is 271 g/mol. The largest absolute Gasteiger partial charge is 1.00 e. The Morgan fingerprint density at radius 2 is 1.25 bits per heavy atom. The van der Waals surface area contributed by atoms with Gasteiger partial charge in [0.05, 0.1) is 4.90 Å². The van der Waals surface area contributed by atoms with Crippen LogP contribution in [0.4, 0.5) is 0 Å². The second-order valence-electron chi connectivity index (χ2n) is 6.82. The molecule has 0 spiro atoms. The summed E-state index contributed by atoms with van der Waals surface area (Å²) in [7, 11) is -4.55. The number of phenolic OH excluding ortho intramolecular Hbond substituents is 1. The Morgan fingerprint density at radius 3 is 1.45 bits per heavy atom. The molecule has 20 heavy (non-hydrogen) atoms. The van der Waals surface area contributed by atoms with E-state index >= 15 is 0 Å². The Hall–Kier alpha value is -0.473. The van der Waals surface area contributed by atoms with Crippen LogP contribution in [0.2, 0.25) is 0 Å². The summed E-state index contributed by atoms with van der Waals surface area (Å²) in [5.41, 5.74) is 0.0268. The van der Waals surface area contributed by atoms with Crippen LogP contribution in [-0.2, 0) is 20.9 Å². The molecule has 1 rings (SSSR count). The molecular formula is C14H21LiO4S. The summed E-state index contributed by atoms with van der Waals surface area (Å²) in [5, 5.41) is 10.4. The van der Waals surface area contributed by atoms with Crippen LogP contribution in [-0.4, -0.2) is 18.1 Å². The normalized spacial score (nSPS) is 12.9. The standard InChI is InChI=1S/C14H22O4S.Li/c1-13(2,3)10-7-9(19(16,17)18)8-11(12(10)15)14(4,5)6;/h7-8,15H,1-6H3,(H,16,17,18);/q;+1/p-1. The van der Waals surface area contributed by atoms with Gasteiger partial charge in [0.25, 0.3) is 0 Å². The van der Waals surface area contributed by atoms with Gasteiger partial charge in [0.2, 0.25) is 0 Å². The third-order valence-electron chi connectivity index (χ3n) is 2.99. The molecule has 0 amide bonds. The summed E-state index contributed by atoms with van der Waals surface area (Å²) >= 11 is 0. The van der Waals surface area contributed by atoms with Crippen LogP contribution in [0, 0.1) is 0 Å². The third kappa shape index (κ3) is 4.26. The van der Waals surface area contributed by atoms with Crippen LogP contribution < -0.4 is 18.9 Å². The molecule has 0 fully saturated rings. The van der Waals surface area contributed by atoms with Gasteiger partial charge in [-0.25, -0.2) is 8.42 Å². The number of aromatic hydroxyl groups is 1. The maximum absolute atomic E-state index is 11.3. The summed E-state index contributed by atoms with van der Waals surface area (Å²) in [6, 6.07) is 2.54. The molecule has 1 N–H and O–H groups in total. The Morgan fingerprint density at radius 1 is 0.950 bits per heavy atom. The molecule has 4 nitrogen and oxygen atoms in total. The van der Waals surface area contributed by atoms with Crippen LogP contribution in [0.1, 0.15) is 52.7 Å². The van der Waals surface area contributed by atoms with E-state index in [-0.39, 0.29) is 29.5 Å². The van der Waals surface area contributed by atoms with Crippen molar-refractivity contribution in [3.05, 3.63) is 23.3 Å². The van der Waals surface area contributed by atoms with E-state index in [1.165, 1.54) is 12.1 Å². The predicted octanol–water partition coefficient (Wildman–Crippen LogP) is -0.105. The van der Waals surface area contributed by atoms with Crippen LogP contribution in [0.5, 0.6) is 5.75 Å². The van der Waals surface area contributed by atoms with Crippen molar-refractivity contribution >= 4 is 10.1 Å². The van der Waals surface area contributed by atoms with Gasteiger partial charge in [-0.2, -0.15) is 0 Å². The molecule has 0 heterocycles. The first-order chi connectivity index (χ1) is 8.24. The quantitative estimate of drug-likeness (QED) is 0.579. The maximum Gasteiger partial charge on any atom is 1.00 e. The number of rotatable bonds is 1. The minimum absolute atomic E-state index is 0. The van der Waals surface area contributed by atoms with Crippen molar-refractivity contribution < 1.29 is 36.9 Å². The van der Waals surface area contributed by atoms with Gasteiger partial charge in [-0.1, -0.05) is 41.5 Å². The fourth-order valence-corrected chi connectivity index (χ4v) is 2.42. The monoisotopic (exact) mass is 292 g/mol. The molecule has 0 aliphatic carbocycles. The van der Waals surface area contributed by atoms with E-state index in [9.17, 15) is 18.1 Å². The molecule has 0 bridgehead atoms. The second-order valence-corrected chi connectivity index (χ2v) is 8.20. The van der Waals surface area contributed by atoms with Crippen LogP contribution in [0.15, 0.2) is 17.0 Å². The summed E-state index contributed by atoms with van der Waals surface area (Å²) in [6.45, 7) is 11.1. The van der Waals surface area contributed by atoms with Crippen molar-refractivity contribution in [2.75, 3.05) is 0 Å². The van der Waals surface area contributed by atoms with Crippen LogP contribution in [0.3, 0.4) is 0 Å². The predicted molar refractivity (Wildman–Crippen MR) is 73.5 cm³/mol. The molecule has 1 aromatic carbocycles. The Kier molecular flexibility index (Phi) is 5.59. The Labute approximate surface area is 133 Å². The first-order valence-corrected chi connectivity index (χ1v) is 7.49. The molecule has 0 aliphatic rings. The number of hydrogen-bond donors (Lipinski definition) is 1. The minimum atomic E-state index is -4.55. The molecule has 1 aromatic rings. The topological polar surface area (TPSA) is 77.4 Å². The zero-order valence-corrected chi connectivity index (χ0v) is 14.1. The van der Waals surface area contributed by atoms with Crippen molar-refractivity contribution in [1.29, 1.82) is 0 Å². The van der Waals surface area contributed by atoms with E-state index in [0.717, 1.165) is 0 Å². The summed E-state index contributed by atoms with van der Waals surface area (Å²) < 4.78 is 33.8. The summed E-state index contributed by atoms with van der Waals surface area (Å²) in [4.78, 5) is -0.292. The van der Waals surface area contributed by atoms with E-state index in [4.69, 9.17) is 0 Å². The molecule has 0 radical (unpaired) electrons. The van der Waals surface area contributed by atoms with Crippen molar-refractivity contribution in [1.82, 2.24) is 0 Å². The fourth-order valence-electron chi connectivity index (χ4n) is 1.90. The van der Waals surface area contributed by atoms with Gasteiger partial charge in [-0.3, -0.25) is 0 Å². The molecule has 0 unspecified atom stereocenters. The van der Waals surface area contributed by atoms with Crippen LogP contribution in [0.25, 0.3) is 0 Å². The zero-order chi connectivity index (χ0) is 15.2. The van der Waals surface area contributed by atoms with E-state index < -0.39 is 20.9 Å². The summed E-state index contributed by atoms with van der Waals surface area (Å²) in [6.07, 6.45) is 0. The Bertz CT molecular complexity index is 558. The smallest absolute Gasteiger partial charge is 0.744 e. The van der Waals surface area contributed by atoms with E-state index in [0.29, 0.717) is 11.1 Å². The molecule has 0 saturated carbocycles. The van der Waals surface area contributed by atoms with E-state index in [2.05, 4.69) is 0 Å². The number of hydrogen-bond acceptors (Lipinski definition) is 4. The van der Waals surface area contributed by atoms with Gasteiger partial charge in [0.15, 0.2) is 0 Å². The van der Waals surface area contributed by atoms with Gasteiger partial charge >= 0.3 is 18.9 Å². The molecule has 0 aliphatic heterocycles. The van der Waals surface area contributed by atoms with Gasteiger partial charge in [0, 0.05) is 11.1 Å². The SMILES string of the molecule is CC(C)(C)c1cc(S(=O)(=O)[O-])cc(C(C)(C)C)c1O.[Li+]. The van der Waals surface area contributed by atoms with E-state index in [1.807, 2.05) is 41.5 Å². The van der Waals surface area contributed by atoms with Gasteiger partial charge in [0.1, 0.15) is 15.9 Å².